The molecule has 0 aliphatic heterocycles. The third kappa shape index (κ3) is 2.72. The fourth-order valence-corrected chi connectivity index (χ4v) is 0.888. The molecule has 0 fully saturated rings. The minimum atomic E-state index is 0.391. The van der Waals surface area contributed by atoms with E-state index in [-0.39, 0.29) is 0 Å². The molecule has 1 aromatic rings. The first-order valence-electron chi connectivity index (χ1n) is 3.43. The third-order valence-electron chi connectivity index (χ3n) is 1.18. The van der Waals surface area contributed by atoms with Crippen LogP contribution in [0.4, 0.5) is 11.5 Å². The Bertz CT molecular complexity index is 336. The number of hydrogen-bond acceptors (Lipinski definition) is 5. The summed E-state index contributed by atoms with van der Waals surface area (Å²) in [6, 6.07) is 1.57. The number of pyridine rings is 1. The summed E-state index contributed by atoms with van der Waals surface area (Å²) in [6.07, 6.45) is 3.78. The Labute approximate surface area is 80.1 Å². The van der Waals surface area contributed by atoms with Gasteiger partial charge in [0, 0.05) is 6.21 Å². The lowest BCUT2D eigenvalue weighted by Gasteiger charge is -2.01. The van der Waals surface area contributed by atoms with E-state index in [1.165, 1.54) is 12.4 Å². The zero-order valence-corrected chi connectivity index (χ0v) is 7.42. The third-order valence-corrected chi connectivity index (χ3v) is 1.47. The molecule has 0 spiro atoms. The van der Waals surface area contributed by atoms with E-state index in [0.717, 1.165) is 6.21 Å². The highest BCUT2D eigenvalue weighted by Crippen LogP contribution is 2.20. The van der Waals surface area contributed by atoms with E-state index in [9.17, 15) is 0 Å². The van der Waals surface area contributed by atoms with Crippen LogP contribution in [0, 0.1) is 5.41 Å². The number of nitrogens with zero attached hydrogens (tertiary/aromatic N) is 2. The lowest BCUT2D eigenvalue weighted by molar-refractivity contribution is 1.23. The van der Waals surface area contributed by atoms with Crippen LogP contribution in [0.15, 0.2) is 17.4 Å². The van der Waals surface area contributed by atoms with E-state index in [1.807, 2.05) is 0 Å². The summed E-state index contributed by atoms with van der Waals surface area (Å²) < 4.78 is 0. The largest absolute Gasteiger partial charge is 0.397 e. The van der Waals surface area contributed by atoms with E-state index in [1.54, 1.807) is 6.07 Å². The Morgan fingerprint density at radius 3 is 3.08 bits per heavy atom. The van der Waals surface area contributed by atoms with Gasteiger partial charge in [-0.15, -0.1) is 0 Å². The topological polar surface area (TPSA) is 87.2 Å². The SMILES string of the molecule is N=C/C=N\Nc1ncc(N)cc1Cl. The summed E-state index contributed by atoms with van der Waals surface area (Å²) >= 11 is 5.77. The van der Waals surface area contributed by atoms with Crippen molar-refractivity contribution in [3.8, 4) is 0 Å². The molecule has 0 aliphatic rings. The average molecular weight is 198 g/mol. The van der Waals surface area contributed by atoms with Crippen LogP contribution in [0.1, 0.15) is 0 Å². The highest BCUT2D eigenvalue weighted by atomic mass is 35.5. The maximum atomic E-state index is 6.67. The van der Waals surface area contributed by atoms with Crippen molar-refractivity contribution in [2.45, 2.75) is 0 Å². The normalized spacial score (nSPS) is 10.2. The lowest BCUT2D eigenvalue weighted by Crippen LogP contribution is -1.95. The van der Waals surface area contributed by atoms with Crippen LogP contribution in [0.3, 0.4) is 0 Å². The molecule has 0 saturated carbocycles. The number of hydrogen-bond donors (Lipinski definition) is 3. The van der Waals surface area contributed by atoms with Gasteiger partial charge < -0.3 is 11.1 Å². The Hall–Kier alpha value is -1.62. The molecule has 1 rings (SSSR count). The molecule has 0 aromatic carbocycles. The van der Waals surface area contributed by atoms with Crippen LogP contribution in [-0.4, -0.2) is 17.4 Å². The first kappa shape index (κ1) is 9.47. The van der Waals surface area contributed by atoms with E-state index in [4.69, 9.17) is 22.7 Å². The standard InChI is InChI=1S/C7H8ClN5/c8-6-3-5(10)4-11-7(6)13-12-2-1-9/h1-4,9H,10H2,(H,11,13)/b9-1?,12-2-. The number of nitrogens with one attached hydrogen (secondary N) is 2. The van der Waals surface area contributed by atoms with Crippen LogP contribution in [0.2, 0.25) is 5.02 Å². The number of aromatic nitrogens is 1. The number of halogens is 1. The molecule has 0 unspecified atom stereocenters. The van der Waals surface area contributed by atoms with Gasteiger partial charge in [0.1, 0.15) is 0 Å². The molecule has 0 saturated heterocycles. The van der Waals surface area contributed by atoms with Gasteiger partial charge >= 0.3 is 0 Å². The molecule has 0 atom stereocenters. The van der Waals surface area contributed by atoms with Gasteiger partial charge in [-0.1, -0.05) is 11.6 Å². The first-order chi connectivity index (χ1) is 6.24. The van der Waals surface area contributed by atoms with E-state index in [0.29, 0.717) is 16.5 Å². The first-order valence-corrected chi connectivity index (χ1v) is 3.81. The molecule has 0 bridgehead atoms. The number of nitrogen functional groups attached to an aromatic ring is 1. The van der Waals surface area contributed by atoms with E-state index in [2.05, 4.69) is 15.5 Å². The molecule has 0 amide bonds. The second-order valence-electron chi connectivity index (χ2n) is 2.16. The quantitative estimate of drug-likeness (QED) is 0.505. The summed E-state index contributed by atoms with van der Waals surface area (Å²) in [5, 5.41) is 10.7. The number of hydrazone groups is 1. The van der Waals surface area contributed by atoms with Crippen molar-refractivity contribution in [1.82, 2.24) is 4.98 Å². The number of anilines is 2. The van der Waals surface area contributed by atoms with E-state index < -0.39 is 0 Å². The summed E-state index contributed by atoms with van der Waals surface area (Å²) in [5.74, 6) is 0.411. The van der Waals surface area contributed by atoms with Gasteiger partial charge in [-0.25, -0.2) is 4.98 Å². The molecule has 0 aliphatic carbocycles. The summed E-state index contributed by atoms with van der Waals surface area (Å²) in [7, 11) is 0. The van der Waals surface area contributed by atoms with Crippen LogP contribution in [0.25, 0.3) is 0 Å². The smallest absolute Gasteiger partial charge is 0.165 e. The molecule has 1 heterocycles. The van der Waals surface area contributed by atoms with Gasteiger partial charge in [0.15, 0.2) is 5.82 Å². The minimum Gasteiger partial charge on any atom is -0.397 e. The molecule has 13 heavy (non-hydrogen) atoms. The molecular weight excluding hydrogens is 190 g/mol. The average Bonchev–Trinajstić information content (AvgIpc) is 2.09. The molecule has 68 valence electrons. The molecule has 5 nitrogen and oxygen atoms in total. The highest BCUT2D eigenvalue weighted by Gasteiger charge is 1.99. The minimum absolute atomic E-state index is 0.391. The van der Waals surface area contributed by atoms with Gasteiger partial charge in [0.2, 0.25) is 0 Å². The Morgan fingerprint density at radius 2 is 2.46 bits per heavy atom. The molecule has 4 N–H and O–H groups in total. The Morgan fingerprint density at radius 1 is 1.69 bits per heavy atom. The molecule has 0 radical (unpaired) electrons. The molecular formula is C7H8ClN5. The van der Waals surface area contributed by atoms with Crippen LogP contribution in [-0.2, 0) is 0 Å². The van der Waals surface area contributed by atoms with Crippen molar-refractivity contribution in [3.05, 3.63) is 17.3 Å². The predicted octanol–water partition coefficient (Wildman–Crippen LogP) is 1.36. The maximum absolute atomic E-state index is 6.67. The van der Waals surface area contributed by atoms with Gasteiger partial charge in [0.05, 0.1) is 23.1 Å². The summed E-state index contributed by atoms with van der Waals surface area (Å²) in [4.78, 5) is 3.89. The van der Waals surface area contributed by atoms with E-state index >= 15 is 0 Å². The van der Waals surface area contributed by atoms with Gasteiger partial charge in [-0.2, -0.15) is 5.10 Å². The number of nitrogens with two attached hydrogens (primary N) is 1. The van der Waals surface area contributed by atoms with Crippen molar-refractivity contribution < 1.29 is 0 Å². The van der Waals surface area contributed by atoms with Crippen LogP contribution < -0.4 is 11.2 Å². The molecule has 1 aromatic heterocycles. The fourth-order valence-electron chi connectivity index (χ4n) is 0.671. The Kier molecular flexibility index (Phi) is 3.22. The summed E-state index contributed by atoms with van der Waals surface area (Å²) in [5.41, 5.74) is 8.49. The van der Waals surface area contributed by atoms with Crippen molar-refractivity contribution >= 4 is 35.5 Å². The zero-order chi connectivity index (χ0) is 9.68. The highest BCUT2D eigenvalue weighted by molar-refractivity contribution is 6.33. The van der Waals surface area contributed by atoms with Crippen LogP contribution in [0.5, 0.6) is 0 Å². The van der Waals surface area contributed by atoms with Crippen LogP contribution >= 0.6 is 11.6 Å². The number of rotatable bonds is 3. The second-order valence-corrected chi connectivity index (χ2v) is 2.56. The Balaban J connectivity index is 2.77. The lowest BCUT2D eigenvalue weighted by atomic mass is 10.4. The monoisotopic (exact) mass is 197 g/mol. The zero-order valence-electron chi connectivity index (χ0n) is 6.66. The van der Waals surface area contributed by atoms with Gasteiger partial charge in [0.25, 0.3) is 0 Å². The van der Waals surface area contributed by atoms with Crippen molar-refractivity contribution in [3.63, 3.8) is 0 Å². The van der Waals surface area contributed by atoms with Crippen molar-refractivity contribution in [2.24, 2.45) is 5.10 Å². The molecule has 6 heteroatoms. The fraction of sp³-hybridized carbons (Fsp3) is 0. The van der Waals surface area contributed by atoms with Gasteiger partial charge in [-0.05, 0) is 6.07 Å². The van der Waals surface area contributed by atoms with Crippen molar-refractivity contribution in [1.29, 1.82) is 5.41 Å². The second kappa shape index (κ2) is 4.42. The maximum Gasteiger partial charge on any atom is 0.165 e. The predicted molar refractivity (Wildman–Crippen MR) is 54.6 cm³/mol. The van der Waals surface area contributed by atoms with Gasteiger partial charge in [-0.3, -0.25) is 5.43 Å². The summed E-state index contributed by atoms with van der Waals surface area (Å²) in [6.45, 7) is 0. The van der Waals surface area contributed by atoms with Crippen molar-refractivity contribution in [2.75, 3.05) is 11.2 Å².